The molecule has 2 amide bonds. The van der Waals surface area contributed by atoms with Gasteiger partial charge in [-0.05, 0) is 81.8 Å². The Balaban J connectivity index is 1.10. The molecule has 4 aromatic rings. The van der Waals surface area contributed by atoms with Gasteiger partial charge in [-0.3, -0.25) is 19.2 Å². The van der Waals surface area contributed by atoms with E-state index in [0.29, 0.717) is 54.2 Å². The first-order chi connectivity index (χ1) is 23.5. The van der Waals surface area contributed by atoms with E-state index < -0.39 is 11.7 Å². The van der Waals surface area contributed by atoms with Crippen molar-refractivity contribution in [1.82, 2.24) is 35.6 Å². The van der Waals surface area contributed by atoms with Crippen LogP contribution in [-0.4, -0.2) is 68.7 Å². The van der Waals surface area contributed by atoms with Gasteiger partial charge in [-0.15, -0.1) is 0 Å². The van der Waals surface area contributed by atoms with Gasteiger partial charge >= 0.3 is 0 Å². The number of carbonyl (C=O) groups excluding carboxylic acids is 2. The maximum absolute atomic E-state index is 14.4. The molecular weight excluding hydrogens is 645 g/mol. The predicted molar refractivity (Wildman–Crippen MR) is 187 cm³/mol. The highest BCUT2D eigenvalue weighted by Crippen LogP contribution is 2.35. The summed E-state index contributed by atoms with van der Waals surface area (Å²) in [5, 5.41) is 14.6. The first-order valence-electron chi connectivity index (χ1n) is 16.8. The first kappa shape index (κ1) is 34.5. The molecule has 3 heterocycles. The summed E-state index contributed by atoms with van der Waals surface area (Å²) in [5.74, 6) is -0.871. The molecule has 1 aliphatic carbocycles. The van der Waals surface area contributed by atoms with Crippen molar-refractivity contribution < 1.29 is 18.7 Å². The number of carbonyl (C=O) groups is 2. The number of nitrogens with zero attached hydrogens (tertiary/aromatic N) is 4. The summed E-state index contributed by atoms with van der Waals surface area (Å²) in [4.78, 5) is 32.6. The summed E-state index contributed by atoms with van der Waals surface area (Å²) in [7, 11) is 1.80. The van der Waals surface area contributed by atoms with Crippen LogP contribution < -0.4 is 20.7 Å². The third kappa shape index (κ3) is 8.46. The number of aryl methyl sites for hydroxylation is 2. The lowest BCUT2D eigenvalue weighted by atomic mass is 9.91. The third-order valence-corrected chi connectivity index (χ3v) is 9.72. The number of aromatic nitrogens is 3. The number of amides is 2. The summed E-state index contributed by atoms with van der Waals surface area (Å²) < 4.78 is 22.2. The molecule has 49 heavy (non-hydrogen) atoms. The number of halogens is 2. The smallest absolute Gasteiger partial charge is 0.272 e. The number of hydrogen-bond donors (Lipinski definition) is 3. The Morgan fingerprint density at radius 3 is 2.33 bits per heavy atom. The van der Waals surface area contributed by atoms with Gasteiger partial charge in [0, 0.05) is 62.1 Å². The van der Waals surface area contributed by atoms with Crippen molar-refractivity contribution >= 4 is 23.4 Å². The van der Waals surface area contributed by atoms with Crippen LogP contribution in [0.15, 0.2) is 60.8 Å². The predicted octanol–water partition coefficient (Wildman–Crippen LogP) is 6.03. The van der Waals surface area contributed by atoms with Crippen molar-refractivity contribution in [3.63, 3.8) is 0 Å². The zero-order chi connectivity index (χ0) is 34.7. The average molecular weight is 688 g/mol. The maximum atomic E-state index is 14.4. The summed E-state index contributed by atoms with van der Waals surface area (Å²) in [6.07, 6.45) is 3.73. The monoisotopic (exact) mass is 687 g/mol. The topological polar surface area (TPSA) is 113 Å². The zero-order valence-corrected chi connectivity index (χ0v) is 29.1. The van der Waals surface area contributed by atoms with Crippen molar-refractivity contribution in [3.8, 4) is 22.8 Å². The molecule has 3 N–H and O–H groups in total. The Morgan fingerprint density at radius 2 is 1.65 bits per heavy atom. The summed E-state index contributed by atoms with van der Waals surface area (Å²) in [6.45, 7) is 8.92. The van der Waals surface area contributed by atoms with E-state index >= 15 is 0 Å². The molecule has 10 nitrogen and oxygen atoms in total. The molecule has 0 spiro atoms. The molecular formula is C37H43ClFN7O3. The number of piperazine rings is 1. The molecule has 258 valence electrons. The van der Waals surface area contributed by atoms with E-state index in [9.17, 15) is 14.0 Å². The molecule has 2 aliphatic rings. The molecule has 2 fully saturated rings. The Labute approximate surface area is 291 Å². The number of rotatable bonds is 9. The standard InChI is InChI=1S/C37H43ClFN7O3/c1-22-19-46(20-23(2)41-22)21-26-8-6-10-31(34(26)38)25-7-5-9-30(16-25)49-37-32(17-27(39)18-40-37)35(47)42-28-11-13-29(14-12-28)43-36(48)33-15-24(3)45(4)44-33/h5-10,15-18,22-23,28-29,41H,11-14,19-21H2,1-4H3,(H,42,47)(H,43,48)/t22-,23+,28-,29-. The third-order valence-electron chi connectivity index (χ3n) is 9.27. The van der Waals surface area contributed by atoms with Crippen molar-refractivity contribution in [2.45, 2.75) is 77.2 Å². The highest BCUT2D eigenvalue weighted by Gasteiger charge is 2.27. The van der Waals surface area contributed by atoms with Crippen LogP contribution in [0.3, 0.4) is 0 Å². The van der Waals surface area contributed by atoms with Crippen molar-refractivity contribution in [3.05, 3.63) is 94.1 Å². The van der Waals surface area contributed by atoms with Gasteiger partial charge in [0.05, 0.1) is 11.2 Å². The van der Waals surface area contributed by atoms with E-state index in [1.807, 2.05) is 37.3 Å². The largest absolute Gasteiger partial charge is 0.438 e. The zero-order valence-electron chi connectivity index (χ0n) is 28.3. The number of hydrogen-bond acceptors (Lipinski definition) is 7. The summed E-state index contributed by atoms with van der Waals surface area (Å²) >= 11 is 6.98. The second kappa shape index (κ2) is 15.1. The van der Waals surface area contributed by atoms with E-state index in [1.165, 1.54) is 0 Å². The molecule has 0 radical (unpaired) electrons. The SMILES string of the molecule is Cc1cc(C(=O)N[C@H]2CC[C@H](NC(=O)c3cc(F)cnc3Oc3cccc(-c4cccc(CN5C[C@@H](C)N[C@@H](C)C5)c4Cl)c3)CC2)nn1C. The first-order valence-corrected chi connectivity index (χ1v) is 17.2. The van der Waals surface area contributed by atoms with E-state index in [4.69, 9.17) is 16.3 Å². The molecule has 2 aromatic heterocycles. The molecule has 0 unspecified atom stereocenters. The highest BCUT2D eigenvalue weighted by atomic mass is 35.5. The summed E-state index contributed by atoms with van der Waals surface area (Å²) in [6, 6.07) is 17.0. The second-order valence-corrected chi connectivity index (χ2v) is 13.7. The molecule has 2 atom stereocenters. The number of ether oxygens (including phenoxy) is 1. The van der Waals surface area contributed by atoms with Gasteiger partial charge in [0.1, 0.15) is 22.8 Å². The Hall–Kier alpha value is -4.32. The van der Waals surface area contributed by atoms with Gasteiger partial charge in [-0.1, -0.05) is 41.9 Å². The van der Waals surface area contributed by atoms with Gasteiger partial charge in [-0.2, -0.15) is 5.10 Å². The fourth-order valence-electron chi connectivity index (χ4n) is 6.82. The Kier molecular flexibility index (Phi) is 10.6. The quantitative estimate of drug-likeness (QED) is 0.197. The number of benzene rings is 2. The lowest BCUT2D eigenvalue weighted by Gasteiger charge is -2.36. The second-order valence-electron chi connectivity index (χ2n) is 13.4. The van der Waals surface area contributed by atoms with E-state index in [0.717, 1.165) is 54.3 Å². The maximum Gasteiger partial charge on any atom is 0.272 e. The van der Waals surface area contributed by atoms with Crippen LogP contribution in [0.5, 0.6) is 11.6 Å². The van der Waals surface area contributed by atoms with Crippen molar-refractivity contribution in [1.29, 1.82) is 0 Å². The van der Waals surface area contributed by atoms with Gasteiger partial charge in [0.25, 0.3) is 11.8 Å². The normalized spacial score (nSPS) is 21.3. The minimum Gasteiger partial charge on any atom is -0.438 e. The van der Waals surface area contributed by atoms with Gasteiger partial charge in [0.2, 0.25) is 5.88 Å². The van der Waals surface area contributed by atoms with Gasteiger partial charge in [0.15, 0.2) is 0 Å². The van der Waals surface area contributed by atoms with Gasteiger partial charge in [-0.25, -0.2) is 9.37 Å². The molecule has 1 aliphatic heterocycles. The number of pyridine rings is 1. The lowest BCUT2D eigenvalue weighted by molar-refractivity contribution is 0.0887. The minimum absolute atomic E-state index is 0.00412. The molecule has 0 bridgehead atoms. The van der Waals surface area contributed by atoms with Crippen molar-refractivity contribution in [2.24, 2.45) is 7.05 Å². The molecule has 6 rings (SSSR count). The van der Waals surface area contributed by atoms with Crippen molar-refractivity contribution in [2.75, 3.05) is 13.1 Å². The van der Waals surface area contributed by atoms with Gasteiger partial charge < -0.3 is 20.7 Å². The summed E-state index contributed by atoms with van der Waals surface area (Å²) in [5.41, 5.74) is 4.06. The molecule has 1 saturated carbocycles. The van der Waals surface area contributed by atoms with Crippen LogP contribution in [0.2, 0.25) is 5.02 Å². The Bertz CT molecular complexity index is 1790. The number of nitrogens with one attached hydrogen (secondary N) is 3. The van der Waals surface area contributed by atoms with Crippen LogP contribution in [0, 0.1) is 12.7 Å². The fourth-order valence-corrected chi connectivity index (χ4v) is 7.12. The highest BCUT2D eigenvalue weighted by molar-refractivity contribution is 6.34. The molecule has 2 aromatic carbocycles. The van der Waals surface area contributed by atoms with E-state index in [1.54, 1.807) is 23.9 Å². The molecule has 12 heteroatoms. The van der Waals surface area contributed by atoms with Crippen LogP contribution >= 0.6 is 11.6 Å². The van der Waals surface area contributed by atoms with E-state index in [2.05, 4.69) is 50.8 Å². The molecule has 1 saturated heterocycles. The lowest BCUT2D eigenvalue weighted by Crippen LogP contribution is -2.53. The van der Waals surface area contributed by atoms with Crippen LogP contribution in [-0.2, 0) is 13.6 Å². The Morgan fingerprint density at radius 1 is 0.980 bits per heavy atom. The van der Waals surface area contributed by atoms with Crippen LogP contribution in [0.4, 0.5) is 4.39 Å². The average Bonchev–Trinajstić information content (AvgIpc) is 3.41. The van der Waals surface area contributed by atoms with Crippen LogP contribution in [0.1, 0.15) is 71.6 Å². The van der Waals surface area contributed by atoms with E-state index in [-0.39, 0.29) is 29.4 Å². The minimum atomic E-state index is -0.640. The fraction of sp³-hybridized carbons (Fsp3) is 0.405. The van der Waals surface area contributed by atoms with Crippen LogP contribution in [0.25, 0.3) is 11.1 Å².